The molecule has 42 heavy (non-hydrogen) atoms. The van der Waals surface area contributed by atoms with Crippen LogP contribution in [0.25, 0.3) is 10.9 Å². The number of H-pyrrole nitrogens is 1. The molecule has 3 aliphatic heterocycles. The van der Waals surface area contributed by atoms with Gasteiger partial charge in [0.1, 0.15) is 0 Å². The number of carbonyl (C=O) groups is 2. The molecule has 3 saturated heterocycles. The maximum atomic E-state index is 13.4. The summed E-state index contributed by atoms with van der Waals surface area (Å²) >= 11 is 0. The number of para-hydroxylation sites is 1. The summed E-state index contributed by atoms with van der Waals surface area (Å²) in [7, 11) is 0. The van der Waals surface area contributed by atoms with Crippen LogP contribution in [0.4, 0.5) is 31.1 Å². The molecule has 0 aliphatic carbocycles. The van der Waals surface area contributed by atoms with Crippen LogP contribution in [0.1, 0.15) is 47.9 Å². The van der Waals surface area contributed by atoms with Gasteiger partial charge in [0.25, 0.3) is 0 Å². The minimum atomic E-state index is -4.98. The fraction of sp³-hybridized carbons (Fsp3) is 0.448. The second-order valence-electron chi connectivity index (χ2n) is 11.0. The smallest absolute Gasteiger partial charge is 0.361 e. The Kier molecular flexibility index (Phi) is 9.17. The van der Waals surface area contributed by atoms with Gasteiger partial charge in [0.2, 0.25) is 0 Å². The van der Waals surface area contributed by atoms with Crippen molar-refractivity contribution in [3.8, 4) is 0 Å². The standard InChI is InChI=1S/C29H30F6N4O2.ClH/c30-28(31,32)20-13-18(14-21(16-20)29(33,34)35)5-6-25(40)24(15-19-17-36-23-4-2-1-3-22(19)23)37-26(41)38-27-7-10-39(11-8-27)12-9-27;/h1-4,13-14,16-17,24,36H,5-12,15H2,(H2,37,38,41);1H. The fourth-order valence-electron chi connectivity index (χ4n) is 5.82. The van der Waals surface area contributed by atoms with Crippen molar-refractivity contribution in [1.29, 1.82) is 0 Å². The first-order valence-electron chi connectivity index (χ1n) is 13.5. The molecular formula is C29H31ClF6N4O2. The van der Waals surface area contributed by atoms with Gasteiger partial charge in [0.05, 0.1) is 17.2 Å². The number of benzene rings is 2. The molecule has 3 aliphatic rings. The van der Waals surface area contributed by atoms with Gasteiger partial charge in [0.15, 0.2) is 5.78 Å². The number of piperidine rings is 3. The summed E-state index contributed by atoms with van der Waals surface area (Å²) in [5.74, 6) is -0.493. The average Bonchev–Trinajstić information content (AvgIpc) is 3.33. The number of amides is 2. The van der Waals surface area contributed by atoms with Gasteiger partial charge in [-0.3, -0.25) is 4.79 Å². The van der Waals surface area contributed by atoms with Crippen molar-refractivity contribution in [3.05, 3.63) is 70.9 Å². The Bertz CT molecular complexity index is 1380. The van der Waals surface area contributed by atoms with Crippen LogP contribution >= 0.6 is 12.4 Å². The molecule has 0 spiro atoms. The van der Waals surface area contributed by atoms with Crippen LogP contribution in [0.2, 0.25) is 0 Å². The van der Waals surface area contributed by atoms with Gasteiger partial charge >= 0.3 is 18.4 Å². The van der Waals surface area contributed by atoms with Crippen LogP contribution in [0.3, 0.4) is 0 Å². The van der Waals surface area contributed by atoms with Crippen LogP contribution in [0.5, 0.6) is 0 Å². The Hall–Kier alpha value is -3.25. The minimum Gasteiger partial charge on any atom is -0.361 e. The molecule has 2 aromatic carbocycles. The lowest BCUT2D eigenvalue weighted by molar-refractivity contribution is -0.143. The van der Waals surface area contributed by atoms with E-state index in [9.17, 15) is 35.9 Å². The number of alkyl halides is 6. The molecule has 3 N–H and O–H groups in total. The number of aromatic nitrogens is 1. The predicted molar refractivity (Wildman–Crippen MR) is 148 cm³/mol. The summed E-state index contributed by atoms with van der Waals surface area (Å²) in [4.78, 5) is 32.0. The van der Waals surface area contributed by atoms with Crippen molar-refractivity contribution >= 4 is 35.1 Å². The summed E-state index contributed by atoms with van der Waals surface area (Å²) in [5.41, 5.74) is -1.90. The number of carbonyl (C=O) groups excluding carboxylic acids is 2. The number of nitrogens with zero attached hydrogens (tertiary/aromatic N) is 1. The first-order valence-corrected chi connectivity index (χ1v) is 13.5. The average molecular weight is 617 g/mol. The van der Waals surface area contributed by atoms with E-state index >= 15 is 0 Å². The van der Waals surface area contributed by atoms with Gasteiger partial charge in [-0.15, -0.1) is 12.4 Å². The van der Waals surface area contributed by atoms with Gasteiger partial charge in [-0.1, -0.05) is 18.2 Å². The van der Waals surface area contributed by atoms with Crippen molar-refractivity contribution < 1.29 is 35.9 Å². The van der Waals surface area contributed by atoms with Crippen LogP contribution in [0.15, 0.2) is 48.7 Å². The first-order chi connectivity index (χ1) is 19.3. The zero-order chi connectivity index (χ0) is 29.4. The zero-order valence-corrected chi connectivity index (χ0v) is 23.3. The summed E-state index contributed by atoms with van der Waals surface area (Å²) in [5, 5.41) is 6.67. The van der Waals surface area contributed by atoms with Crippen molar-refractivity contribution in [3.63, 3.8) is 0 Å². The number of hydrogen-bond donors (Lipinski definition) is 3. The lowest BCUT2D eigenvalue weighted by atomic mass is 9.80. The Labute approximate surface area is 244 Å². The van der Waals surface area contributed by atoms with Crippen molar-refractivity contribution in [2.45, 2.75) is 62.5 Å². The lowest BCUT2D eigenvalue weighted by Gasteiger charge is -2.48. The number of rotatable bonds is 8. The Balaban J connectivity index is 0.00000405. The van der Waals surface area contributed by atoms with Gasteiger partial charge in [-0.05, 0) is 61.1 Å². The van der Waals surface area contributed by atoms with Gasteiger partial charge < -0.3 is 20.5 Å². The molecule has 13 heteroatoms. The van der Waals surface area contributed by atoms with E-state index in [-0.39, 0.29) is 48.8 Å². The molecule has 6 nitrogen and oxygen atoms in total. The quantitative estimate of drug-likeness (QED) is 0.261. The number of ketones is 1. The molecular weight excluding hydrogens is 586 g/mol. The van der Waals surface area contributed by atoms with E-state index in [4.69, 9.17) is 0 Å². The predicted octanol–water partition coefficient (Wildman–Crippen LogP) is 6.28. The van der Waals surface area contributed by atoms with Crippen LogP contribution in [-0.4, -0.2) is 52.9 Å². The molecule has 3 aromatic rings. The fourth-order valence-corrected chi connectivity index (χ4v) is 5.82. The molecule has 2 bridgehead atoms. The second kappa shape index (κ2) is 12.2. The van der Waals surface area contributed by atoms with Crippen molar-refractivity contribution in [2.75, 3.05) is 19.6 Å². The summed E-state index contributed by atoms with van der Waals surface area (Å²) < 4.78 is 79.8. The first kappa shape index (κ1) is 31.7. The zero-order valence-electron chi connectivity index (χ0n) is 22.5. The third kappa shape index (κ3) is 7.20. The van der Waals surface area contributed by atoms with Crippen LogP contribution in [0, 0.1) is 0 Å². The summed E-state index contributed by atoms with van der Waals surface area (Å²) in [6.45, 7) is 2.61. The topological polar surface area (TPSA) is 77.2 Å². The molecule has 0 saturated carbocycles. The highest BCUT2D eigenvalue weighted by Gasteiger charge is 2.41. The maximum absolute atomic E-state index is 13.4. The van der Waals surface area contributed by atoms with Gasteiger partial charge in [-0.2, -0.15) is 26.3 Å². The summed E-state index contributed by atoms with van der Waals surface area (Å²) in [6, 6.07) is 7.16. The number of fused-ring (bicyclic) bond motifs is 4. The van der Waals surface area contributed by atoms with Crippen molar-refractivity contribution in [2.24, 2.45) is 0 Å². The normalized spacial score (nSPS) is 21.0. The number of urea groups is 1. The Morgan fingerprint density at radius 3 is 2.12 bits per heavy atom. The monoisotopic (exact) mass is 616 g/mol. The van der Waals surface area contributed by atoms with Gasteiger partial charge in [-0.25, -0.2) is 4.79 Å². The molecule has 4 heterocycles. The van der Waals surface area contributed by atoms with E-state index in [1.165, 1.54) is 0 Å². The number of hydrogen-bond acceptors (Lipinski definition) is 3. The highest BCUT2D eigenvalue weighted by molar-refractivity contribution is 5.90. The largest absolute Gasteiger partial charge is 0.416 e. The third-order valence-electron chi connectivity index (χ3n) is 8.20. The molecule has 228 valence electrons. The van der Waals surface area contributed by atoms with E-state index in [0.717, 1.165) is 55.4 Å². The van der Waals surface area contributed by atoms with E-state index < -0.39 is 41.3 Å². The molecule has 3 fully saturated rings. The number of Topliss-reactive ketones (excluding diaryl/α,β-unsaturated/α-hetero) is 1. The lowest BCUT2D eigenvalue weighted by Crippen LogP contribution is -2.63. The molecule has 6 rings (SSSR count). The molecule has 1 atom stereocenters. The molecule has 1 unspecified atom stereocenters. The number of aromatic amines is 1. The minimum absolute atomic E-state index is 0. The third-order valence-corrected chi connectivity index (χ3v) is 8.20. The van der Waals surface area contributed by atoms with Gasteiger partial charge in [0, 0.05) is 55.1 Å². The molecule has 1 aromatic heterocycles. The van der Waals surface area contributed by atoms with E-state index in [1.54, 1.807) is 6.20 Å². The number of halogens is 7. The molecule has 0 radical (unpaired) electrons. The maximum Gasteiger partial charge on any atom is 0.416 e. The SMILES string of the molecule is Cl.O=C(NC(Cc1c[nH]c2ccccc12)C(=O)CCc1cc(C(F)(F)F)cc(C(F)(F)F)c1)NC12CCN(CC1)CC2. The highest BCUT2D eigenvalue weighted by Crippen LogP contribution is 2.37. The van der Waals surface area contributed by atoms with E-state index in [1.807, 2.05) is 24.3 Å². The summed E-state index contributed by atoms with van der Waals surface area (Å²) in [6.07, 6.45) is -6.46. The highest BCUT2D eigenvalue weighted by atomic mass is 35.5. The van der Waals surface area contributed by atoms with E-state index in [2.05, 4.69) is 20.5 Å². The van der Waals surface area contributed by atoms with E-state index in [0.29, 0.717) is 12.1 Å². The second-order valence-corrected chi connectivity index (χ2v) is 11.0. The Morgan fingerprint density at radius 2 is 1.52 bits per heavy atom. The number of aryl methyl sites for hydroxylation is 1. The van der Waals surface area contributed by atoms with Crippen LogP contribution in [-0.2, 0) is 30.0 Å². The molecule has 2 amide bonds. The van der Waals surface area contributed by atoms with Crippen molar-refractivity contribution in [1.82, 2.24) is 20.5 Å². The number of nitrogens with one attached hydrogen (secondary N) is 3. The Morgan fingerprint density at radius 1 is 0.929 bits per heavy atom. The van der Waals surface area contributed by atoms with Crippen LogP contribution < -0.4 is 10.6 Å².